The minimum Gasteiger partial charge on any atom is -0.290 e. The Balaban J connectivity index is 2.32. The zero-order valence-electron chi connectivity index (χ0n) is 6.88. The molecule has 1 aromatic heterocycles. The SMILES string of the molecule is Cc1ncnn1CCOC(F)(F)F. The molecule has 0 aliphatic carbocycles. The summed E-state index contributed by atoms with van der Waals surface area (Å²) in [5, 5.41) is 3.69. The van der Waals surface area contributed by atoms with Crippen LogP contribution in [0.5, 0.6) is 0 Å². The van der Waals surface area contributed by atoms with Crippen LogP contribution in [0.2, 0.25) is 0 Å². The number of alkyl halides is 3. The quantitative estimate of drug-likeness (QED) is 0.725. The molecule has 0 aliphatic heterocycles. The van der Waals surface area contributed by atoms with Crippen LogP contribution in [0.3, 0.4) is 0 Å². The topological polar surface area (TPSA) is 39.9 Å². The van der Waals surface area contributed by atoms with Crippen LogP contribution in [0.15, 0.2) is 6.33 Å². The molecule has 0 aliphatic rings. The Morgan fingerprint density at radius 3 is 2.69 bits per heavy atom. The van der Waals surface area contributed by atoms with Crippen molar-refractivity contribution < 1.29 is 17.9 Å². The van der Waals surface area contributed by atoms with Gasteiger partial charge in [-0.25, -0.2) is 9.67 Å². The maximum atomic E-state index is 11.5. The number of halogens is 3. The summed E-state index contributed by atoms with van der Waals surface area (Å²) in [4.78, 5) is 3.75. The van der Waals surface area contributed by atoms with Gasteiger partial charge >= 0.3 is 6.36 Å². The van der Waals surface area contributed by atoms with Crippen LogP contribution >= 0.6 is 0 Å². The molecule has 13 heavy (non-hydrogen) atoms. The van der Waals surface area contributed by atoms with Gasteiger partial charge in [0, 0.05) is 0 Å². The Morgan fingerprint density at radius 2 is 2.23 bits per heavy atom. The van der Waals surface area contributed by atoms with Crippen molar-refractivity contribution in [1.29, 1.82) is 0 Å². The van der Waals surface area contributed by atoms with E-state index in [2.05, 4.69) is 14.8 Å². The Morgan fingerprint density at radius 1 is 1.54 bits per heavy atom. The lowest BCUT2D eigenvalue weighted by Gasteiger charge is -2.07. The summed E-state index contributed by atoms with van der Waals surface area (Å²) in [6.07, 6.45) is -3.29. The maximum Gasteiger partial charge on any atom is 0.522 e. The van der Waals surface area contributed by atoms with E-state index in [1.165, 1.54) is 11.0 Å². The van der Waals surface area contributed by atoms with Crippen molar-refractivity contribution in [3.8, 4) is 0 Å². The number of ether oxygens (including phenoxy) is 1. The van der Waals surface area contributed by atoms with E-state index in [0.29, 0.717) is 5.82 Å². The maximum absolute atomic E-state index is 11.5. The molecule has 1 heterocycles. The highest BCUT2D eigenvalue weighted by atomic mass is 19.4. The number of rotatable bonds is 3. The average Bonchev–Trinajstić information content (AvgIpc) is 2.34. The van der Waals surface area contributed by atoms with Crippen molar-refractivity contribution in [2.24, 2.45) is 0 Å². The minimum absolute atomic E-state index is 0.0470. The van der Waals surface area contributed by atoms with Crippen LogP contribution in [0, 0.1) is 6.92 Å². The third-order valence-electron chi connectivity index (χ3n) is 1.38. The van der Waals surface area contributed by atoms with Gasteiger partial charge in [-0.15, -0.1) is 13.2 Å². The smallest absolute Gasteiger partial charge is 0.290 e. The highest BCUT2D eigenvalue weighted by Crippen LogP contribution is 2.15. The summed E-state index contributed by atoms with van der Waals surface area (Å²) in [6, 6.07) is 0. The van der Waals surface area contributed by atoms with E-state index in [9.17, 15) is 13.2 Å². The van der Waals surface area contributed by atoms with Gasteiger partial charge in [0.15, 0.2) is 0 Å². The first kappa shape index (κ1) is 9.97. The molecular weight excluding hydrogens is 187 g/mol. The monoisotopic (exact) mass is 195 g/mol. The van der Waals surface area contributed by atoms with Gasteiger partial charge in [-0.05, 0) is 6.92 Å². The van der Waals surface area contributed by atoms with Crippen LogP contribution in [0.1, 0.15) is 5.82 Å². The van der Waals surface area contributed by atoms with Crippen LogP contribution in [0.4, 0.5) is 13.2 Å². The van der Waals surface area contributed by atoms with Crippen LogP contribution in [-0.2, 0) is 11.3 Å². The molecule has 0 spiro atoms. The lowest BCUT2D eigenvalue weighted by atomic mass is 10.6. The first-order chi connectivity index (χ1) is 5.99. The van der Waals surface area contributed by atoms with E-state index in [4.69, 9.17) is 0 Å². The third-order valence-corrected chi connectivity index (χ3v) is 1.38. The van der Waals surface area contributed by atoms with E-state index in [1.54, 1.807) is 6.92 Å². The van der Waals surface area contributed by atoms with E-state index in [0.717, 1.165) is 0 Å². The molecule has 7 heteroatoms. The summed E-state index contributed by atoms with van der Waals surface area (Å²) >= 11 is 0. The van der Waals surface area contributed by atoms with Crippen molar-refractivity contribution in [1.82, 2.24) is 14.8 Å². The molecule has 0 aromatic carbocycles. The molecule has 0 radical (unpaired) electrons. The lowest BCUT2D eigenvalue weighted by Crippen LogP contribution is -2.18. The largest absolute Gasteiger partial charge is 0.522 e. The fraction of sp³-hybridized carbons (Fsp3) is 0.667. The highest BCUT2D eigenvalue weighted by Gasteiger charge is 2.28. The van der Waals surface area contributed by atoms with Gasteiger partial charge in [0.05, 0.1) is 13.2 Å². The zero-order chi connectivity index (χ0) is 9.90. The average molecular weight is 195 g/mol. The first-order valence-corrected chi connectivity index (χ1v) is 3.54. The van der Waals surface area contributed by atoms with Gasteiger partial charge in [-0.1, -0.05) is 0 Å². The van der Waals surface area contributed by atoms with Crippen molar-refractivity contribution in [2.45, 2.75) is 19.8 Å². The summed E-state index contributed by atoms with van der Waals surface area (Å²) in [6.45, 7) is 1.25. The highest BCUT2D eigenvalue weighted by molar-refractivity contribution is 4.77. The molecule has 0 amide bonds. The van der Waals surface area contributed by atoms with Gasteiger partial charge in [0.25, 0.3) is 0 Å². The lowest BCUT2D eigenvalue weighted by molar-refractivity contribution is -0.325. The molecule has 0 bridgehead atoms. The molecule has 1 aromatic rings. The van der Waals surface area contributed by atoms with Crippen molar-refractivity contribution in [2.75, 3.05) is 6.61 Å². The molecule has 0 saturated carbocycles. The third kappa shape index (κ3) is 3.41. The second-order valence-corrected chi connectivity index (χ2v) is 2.32. The summed E-state index contributed by atoms with van der Waals surface area (Å²) in [5.41, 5.74) is 0. The summed E-state index contributed by atoms with van der Waals surface area (Å²) in [7, 11) is 0. The van der Waals surface area contributed by atoms with Crippen molar-refractivity contribution in [3.05, 3.63) is 12.2 Å². The number of nitrogens with zero attached hydrogens (tertiary/aromatic N) is 3. The second kappa shape index (κ2) is 3.73. The predicted octanol–water partition coefficient (Wildman–Crippen LogP) is 1.12. The van der Waals surface area contributed by atoms with E-state index < -0.39 is 13.0 Å². The van der Waals surface area contributed by atoms with Gasteiger partial charge in [-0.2, -0.15) is 5.10 Å². The van der Waals surface area contributed by atoms with Gasteiger partial charge in [0.1, 0.15) is 12.2 Å². The van der Waals surface area contributed by atoms with Crippen molar-refractivity contribution in [3.63, 3.8) is 0 Å². The van der Waals surface area contributed by atoms with E-state index in [-0.39, 0.29) is 6.54 Å². The van der Waals surface area contributed by atoms with Gasteiger partial charge < -0.3 is 0 Å². The summed E-state index contributed by atoms with van der Waals surface area (Å²) < 4.78 is 39.5. The fourth-order valence-electron chi connectivity index (χ4n) is 0.789. The van der Waals surface area contributed by atoms with Crippen LogP contribution in [0.25, 0.3) is 0 Å². The number of aromatic nitrogens is 3. The molecule has 1 rings (SSSR count). The Bertz CT molecular complexity index is 270. The molecule has 74 valence electrons. The molecule has 0 saturated heterocycles. The Kier molecular flexibility index (Phi) is 2.86. The predicted molar refractivity (Wildman–Crippen MR) is 36.8 cm³/mol. The fourth-order valence-corrected chi connectivity index (χ4v) is 0.789. The van der Waals surface area contributed by atoms with E-state index in [1.807, 2.05) is 0 Å². The second-order valence-electron chi connectivity index (χ2n) is 2.32. The summed E-state index contributed by atoms with van der Waals surface area (Å²) in [5.74, 6) is 0.561. The Labute approximate surface area is 72.3 Å². The van der Waals surface area contributed by atoms with Crippen molar-refractivity contribution >= 4 is 0 Å². The number of hydrogen-bond acceptors (Lipinski definition) is 3. The molecular formula is C6H8F3N3O. The standard InChI is InChI=1S/C6H8F3N3O/c1-5-10-4-11-12(5)2-3-13-6(7,8)9/h4H,2-3H2,1H3. The molecule has 4 nitrogen and oxygen atoms in total. The normalized spacial score (nSPS) is 12.0. The number of hydrogen-bond donors (Lipinski definition) is 0. The minimum atomic E-state index is -4.57. The van der Waals surface area contributed by atoms with E-state index >= 15 is 0 Å². The van der Waals surface area contributed by atoms with Crippen LogP contribution in [-0.4, -0.2) is 27.7 Å². The van der Waals surface area contributed by atoms with Gasteiger partial charge in [0.2, 0.25) is 0 Å². The first-order valence-electron chi connectivity index (χ1n) is 3.54. The Hall–Kier alpha value is -1.11. The molecule has 0 fully saturated rings. The zero-order valence-corrected chi connectivity index (χ0v) is 6.88. The van der Waals surface area contributed by atoms with Crippen LogP contribution < -0.4 is 0 Å². The molecule has 0 N–H and O–H groups in total. The molecule has 0 unspecified atom stereocenters. The van der Waals surface area contributed by atoms with Gasteiger partial charge in [-0.3, -0.25) is 4.74 Å². The molecule has 0 atom stereocenters. The number of aryl methyl sites for hydroxylation is 1.